The van der Waals surface area contributed by atoms with Crippen LogP contribution in [-0.4, -0.2) is 43.2 Å². The van der Waals surface area contributed by atoms with Crippen molar-refractivity contribution in [3.63, 3.8) is 0 Å². The molecule has 154 valence electrons. The predicted molar refractivity (Wildman–Crippen MR) is 114 cm³/mol. The molecule has 0 spiro atoms. The van der Waals surface area contributed by atoms with E-state index in [2.05, 4.69) is 22.6 Å². The van der Waals surface area contributed by atoms with Crippen LogP contribution in [-0.2, 0) is 6.61 Å². The lowest BCUT2D eigenvalue weighted by Gasteiger charge is -2.36. The van der Waals surface area contributed by atoms with Gasteiger partial charge in [0.25, 0.3) is 0 Å². The van der Waals surface area contributed by atoms with E-state index in [1.165, 1.54) is 12.8 Å². The molecule has 0 saturated carbocycles. The first-order chi connectivity index (χ1) is 14.1. The number of methoxy groups -OCH3 is 1. The van der Waals surface area contributed by atoms with E-state index >= 15 is 0 Å². The lowest BCUT2D eigenvalue weighted by molar-refractivity contribution is 0.151. The zero-order chi connectivity index (χ0) is 20.2. The number of rotatable bonds is 6. The van der Waals surface area contributed by atoms with Crippen molar-refractivity contribution in [1.82, 2.24) is 10.2 Å². The second-order valence-corrected chi connectivity index (χ2v) is 7.95. The fourth-order valence-corrected chi connectivity index (χ4v) is 4.49. The molecule has 2 aliphatic heterocycles. The minimum Gasteiger partial charge on any atom is -0.495 e. The summed E-state index contributed by atoms with van der Waals surface area (Å²) in [7, 11) is 3.79. The van der Waals surface area contributed by atoms with Crippen LogP contribution in [0.5, 0.6) is 11.5 Å². The van der Waals surface area contributed by atoms with Crippen molar-refractivity contribution in [2.24, 2.45) is 0 Å². The molecular formula is C23H29N3O3. The van der Waals surface area contributed by atoms with Gasteiger partial charge in [-0.3, -0.25) is 0 Å². The predicted octanol–water partition coefficient (Wildman–Crippen LogP) is 4.02. The van der Waals surface area contributed by atoms with Gasteiger partial charge in [-0.15, -0.1) is 0 Å². The number of urea groups is 1. The molecule has 0 aliphatic carbocycles. The van der Waals surface area contributed by atoms with Crippen molar-refractivity contribution in [3.8, 4) is 11.5 Å². The summed E-state index contributed by atoms with van der Waals surface area (Å²) in [6.45, 7) is 0.469. The van der Waals surface area contributed by atoms with Crippen molar-refractivity contribution >= 4 is 11.7 Å². The lowest BCUT2D eigenvalue weighted by atomic mass is 9.98. The first-order valence-corrected chi connectivity index (χ1v) is 10.3. The maximum atomic E-state index is 12.6. The zero-order valence-electron chi connectivity index (χ0n) is 17.1. The van der Waals surface area contributed by atoms with Gasteiger partial charge in [-0.05, 0) is 50.4 Å². The van der Waals surface area contributed by atoms with E-state index in [0.29, 0.717) is 35.9 Å². The molecule has 2 N–H and O–H groups in total. The lowest BCUT2D eigenvalue weighted by Crippen LogP contribution is -2.49. The Balaban J connectivity index is 1.37. The monoisotopic (exact) mass is 395 g/mol. The molecule has 2 aromatic rings. The molecule has 2 saturated heterocycles. The van der Waals surface area contributed by atoms with Gasteiger partial charge >= 0.3 is 6.03 Å². The van der Waals surface area contributed by atoms with Crippen molar-refractivity contribution in [1.29, 1.82) is 0 Å². The van der Waals surface area contributed by atoms with E-state index < -0.39 is 0 Å². The number of hydrogen-bond donors (Lipinski definition) is 2. The number of anilines is 1. The number of fused-ring (bicyclic) bond motifs is 2. The first kappa shape index (κ1) is 19.6. The van der Waals surface area contributed by atoms with Crippen molar-refractivity contribution in [2.75, 3.05) is 19.5 Å². The SMILES string of the molecule is COc1ccc(OCc2ccccc2)cc1NC(=O)NC1CC2CCC(C1)N2C. The van der Waals surface area contributed by atoms with Gasteiger partial charge in [-0.25, -0.2) is 4.79 Å². The molecule has 6 heteroatoms. The molecule has 6 nitrogen and oxygen atoms in total. The molecule has 4 rings (SSSR count). The molecule has 2 unspecified atom stereocenters. The molecule has 2 atom stereocenters. The fraction of sp³-hybridized carbons (Fsp3) is 0.435. The second-order valence-electron chi connectivity index (χ2n) is 7.95. The minimum atomic E-state index is -0.197. The summed E-state index contributed by atoms with van der Waals surface area (Å²) in [5.41, 5.74) is 1.69. The highest BCUT2D eigenvalue weighted by atomic mass is 16.5. The molecule has 2 amide bonds. The van der Waals surface area contributed by atoms with Gasteiger partial charge in [0.2, 0.25) is 0 Å². The van der Waals surface area contributed by atoms with E-state index in [-0.39, 0.29) is 12.1 Å². The molecule has 2 aromatic carbocycles. The van der Waals surface area contributed by atoms with Gasteiger partial charge in [0, 0.05) is 24.2 Å². The Morgan fingerprint density at radius 1 is 1.10 bits per heavy atom. The molecule has 0 aromatic heterocycles. The highest BCUT2D eigenvalue weighted by Crippen LogP contribution is 2.34. The van der Waals surface area contributed by atoms with Crippen LogP contribution in [0.1, 0.15) is 31.2 Å². The van der Waals surface area contributed by atoms with Gasteiger partial charge in [0.05, 0.1) is 12.8 Å². The number of carbonyl (C=O) groups is 1. The van der Waals surface area contributed by atoms with Crippen molar-refractivity contribution in [2.45, 2.75) is 50.4 Å². The highest BCUT2D eigenvalue weighted by Gasteiger charge is 2.38. The Labute approximate surface area is 172 Å². The summed E-state index contributed by atoms with van der Waals surface area (Å²) in [5, 5.41) is 6.08. The molecule has 2 aliphatic rings. The number of amides is 2. The Morgan fingerprint density at radius 3 is 2.52 bits per heavy atom. The third-order valence-electron chi connectivity index (χ3n) is 6.10. The average Bonchev–Trinajstić information content (AvgIpc) is 2.93. The highest BCUT2D eigenvalue weighted by molar-refractivity contribution is 5.91. The number of ether oxygens (including phenoxy) is 2. The van der Waals surface area contributed by atoms with E-state index in [9.17, 15) is 4.79 Å². The molecule has 2 fully saturated rings. The maximum Gasteiger partial charge on any atom is 0.319 e. The van der Waals surface area contributed by atoms with Crippen LogP contribution in [0.15, 0.2) is 48.5 Å². The van der Waals surface area contributed by atoms with Crippen LogP contribution in [0.3, 0.4) is 0 Å². The van der Waals surface area contributed by atoms with E-state index in [1.807, 2.05) is 42.5 Å². The summed E-state index contributed by atoms with van der Waals surface area (Å²) in [4.78, 5) is 15.1. The van der Waals surface area contributed by atoms with Gasteiger partial charge < -0.3 is 25.0 Å². The summed E-state index contributed by atoms with van der Waals surface area (Å²) < 4.78 is 11.3. The summed E-state index contributed by atoms with van der Waals surface area (Å²) in [5.74, 6) is 1.29. The Kier molecular flexibility index (Phi) is 5.90. The number of nitrogens with one attached hydrogen (secondary N) is 2. The largest absolute Gasteiger partial charge is 0.495 e. The van der Waals surface area contributed by atoms with Crippen LogP contribution in [0, 0.1) is 0 Å². The van der Waals surface area contributed by atoms with Crippen LogP contribution in [0.2, 0.25) is 0 Å². The smallest absolute Gasteiger partial charge is 0.319 e. The zero-order valence-corrected chi connectivity index (χ0v) is 17.1. The quantitative estimate of drug-likeness (QED) is 0.775. The first-order valence-electron chi connectivity index (χ1n) is 10.3. The Hall–Kier alpha value is -2.73. The van der Waals surface area contributed by atoms with E-state index in [1.54, 1.807) is 13.2 Å². The number of nitrogens with zero attached hydrogens (tertiary/aromatic N) is 1. The van der Waals surface area contributed by atoms with Crippen LogP contribution in [0.4, 0.5) is 10.5 Å². The third-order valence-corrected chi connectivity index (χ3v) is 6.10. The Morgan fingerprint density at radius 2 is 1.83 bits per heavy atom. The standard InChI is InChI=1S/C23H29N3O3/c1-26-18-8-9-19(26)13-17(12-18)24-23(27)25-21-14-20(10-11-22(21)28-2)29-15-16-6-4-3-5-7-16/h3-7,10-11,14,17-19H,8-9,12-13,15H2,1-2H3,(H2,24,25,27). The number of piperidine rings is 1. The molecule has 29 heavy (non-hydrogen) atoms. The number of hydrogen-bond acceptors (Lipinski definition) is 4. The fourth-order valence-electron chi connectivity index (χ4n) is 4.49. The minimum absolute atomic E-state index is 0.197. The normalized spacial score (nSPS) is 23.4. The van der Waals surface area contributed by atoms with Gasteiger partial charge in [-0.1, -0.05) is 30.3 Å². The van der Waals surface area contributed by atoms with E-state index in [4.69, 9.17) is 9.47 Å². The third kappa shape index (κ3) is 4.65. The summed E-state index contributed by atoms with van der Waals surface area (Å²) in [6.07, 6.45) is 4.49. The van der Waals surface area contributed by atoms with Crippen molar-refractivity contribution < 1.29 is 14.3 Å². The maximum absolute atomic E-state index is 12.6. The second kappa shape index (κ2) is 8.74. The van der Waals surface area contributed by atoms with Crippen LogP contribution in [0.25, 0.3) is 0 Å². The summed E-state index contributed by atoms with van der Waals surface area (Å²) in [6, 6.07) is 16.6. The van der Waals surface area contributed by atoms with Gasteiger partial charge in [0.1, 0.15) is 18.1 Å². The molecule has 0 radical (unpaired) electrons. The molecule has 2 heterocycles. The number of benzene rings is 2. The van der Waals surface area contributed by atoms with Crippen molar-refractivity contribution in [3.05, 3.63) is 54.1 Å². The number of carbonyl (C=O) groups excluding carboxylic acids is 1. The topological polar surface area (TPSA) is 62.8 Å². The van der Waals surface area contributed by atoms with Crippen LogP contribution >= 0.6 is 0 Å². The van der Waals surface area contributed by atoms with Crippen LogP contribution < -0.4 is 20.1 Å². The average molecular weight is 396 g/mol. The Bertz CT molecular complexity index is 829. The summed E-state index contributed by atoms with van der Waals surface area (Å²) >= 11 is 0. The molecular weight excluding hydrogens is 366 g/mol. The van der Waals surface area contributed by atoms with E-state index in [0.717, 1.165) is 18.4 Å². The molecule has 2 bridgehead atoms. The van der Waals surface area contributed by atoms with Gasteiger partial charge in [0.15, 0.2) is 0 Å². The van der Waals surface area contributed by atoms with Gasteiger partial charge in [-0.2, -0.15) is 0 Å².